The second-order valence-electron chi connectivity index (χ2n) is 6.34. The van der Waals surface area contributed by atoms with Crippen molar-refractivity contribution in [2.24, 2.45) is 4.99 Å². The summed E-state index contributed by atoms with van der Waals surface area (Å²) >= 11 is 9.58. The molecule has 1 saturated heterocycles. The van der Waals surface area contributed by atoms with Gasteiger partial charge in [0, 0.05) is 27.6 Å². The van der Waals surface area contributed by atoms with E-state index in [1.807, 2.05) is 35.4 Å². The van der Waals surface area contributed by atoms with Gasteiger partial charge in [-0.05, 0) is 55.9 Å². The lowest BCUT2D eigenvalue weighted by atomic mass is 9.95. The molecule has 0 unspecified atom stereocenters. The summed E-state index contributed by atoms with van der Waals surface area (Å²) in [4.78, 5) is 21.1. The van der Waals surface area contributed by atoms with E-state index in [2.05, 4.69) is 0 Å². The number of hydrogen-bond donors (Lipinski definition) is 0. The van der Waals surface area contributed by atoms with Crippen LogP contribution in [0.4, 0.5) is 5.69 Å². The minimum absolute atomic E-state index is 0.0998. The third-order valence-corrected chi connectivity index (χ3v) is 7.22. The number of carbonyl (C=O) groups is 1. The number of nitrogens with zero attached hydrogens (tertiary/aromatic N) is 2. The van der Waals surface area contributed by atoms with Crippen molar-refractivity contribution in [3.8, 4) is 0 Å². The van der Waals surface area contributed by atoms with Crippen molar-refractivity contribution in [1.82, 2.24) is 4.90 Å². The Bertz CT molecular complexity index is 859. The Hall–Kier alpha value is -1.30. The first-order valence-corrected chi connectivity index (χ1v) is 10.8. The Kier molecular flexibility index (Phi) is 4.89. The second-order valence-corrected chi connectivity index (χ2v) is 8.78. The van der Waals surface area contributed by atoms with Crippen molar-refractivity contribution in [1.29, 1.82) is 0 Å². The van der Waals surface area contributed by atoms with Crippen molar-refractivity contribution in [3.05, 3.63) is 50.2 Å². The summed E-state index contributed by atoms with van der Waals surface area (Å²) in [5, 5.41) is 3.53. The molecule has 2 heterocycles. The minimum Gasteiger partial charge on any atom is -0.286 e. The van der Waals surface area contributed by atoms with E-state index in [9.17, 15) is 4.79 Å². The number of carbonyl (C=O) groups excluding carboxylic acids is 1. The summed E-state index contributed by atoms with van der Waals surface area (Å²) < 4.78 is 0. The maximum atomic E-state index is 13.1. The van der Waals surface area contributed by atoms with Gasteiger partial charge in [-0.1, -0.05) is 29.4 Å². The smallest absolute Gasteiger partial charge is 0.260 e. The average Bonchev–Trinajstić information content (AvgIpc) is 3.25. The fraction of sp³-hybridized carbons (Fsp3) is 0.368. The maximum absolute atomic E-state index is 13.1. The molecule has 1 aromatic carbocycles. The van der Waals surface area contributed by atoms with Crippen LogP contribution in [-0.4, -0.2) is 28.3 Å². The fourth-order valence-electron chi connectivity index (χ4n) is 3.32. The van der Waals surface area contributed by atoms with Crippen molar-refractivity contribution < 1.29 is 4.79 Å². The first kappa shape index (κ1) is 17.1. The van der Waals surface area contributed by atoms with Crippen LogP contribution >= 0.6 is 34.7 Å². The number of rotatable bonds is 2. The molecule has 1 aliphatic heterocycles. The number of hydrogen-bond acceptors (Lipinski definition) is 4. The van der Waals surface area contributed by atoms with Gasteiger partial charge in [0.1, 0.15) is 0 Å². The zero-order valence-corrected chi connectivity index (χ0v) is 16.4. The van der Waals surface area contributed by atoms with Gasteiger partial charge in [-0.15, -0.1) is 11.3 Å². The summed E-state index contributed by atoms with van der Waals surface area (Å²) in [5.74, 6) is 0.985. The Balaban J connectivity index is 1.65. The maximum Gasteiger partial charge on any atom is 0.260 e. The molecule has 0 atom stereocenters. The molecule has 0 radical (unpaired) electrons. The Morgan fingerprint density at radius 2 is 2.12 bits per heavy atom. The summed E-state index contributed by atoms with van der Waals surface area (Å²) in [6, 6.07) is 5.71. The molecule has 25 heavy (non-hydrogen) atoms. The summed E-state index contributed by atoms with van der Waals surface area (Å²) in [6.07, 6.45) is 4.56. The van der Waals surface area contributed by atoms with Crippen LogP contribution in [0.15, 0.2) is 28.6 Å². The predicted octanol–water partition coefficient (Wildman–Crippen LogP) is 5.47. The van der Waals surface area contributed by atoms with Crippen LogP contribution in [0.3, 0.4) is 0 Å². The highest BCUT2D eigenvalue weighted by atomic mass is 35.5. The van der Waals surface area contributed by atoms with Crippen LogP contribution in [0.1, 0.15) is 39.2 Å². The number of aryl methyl sites for hydroxylation is 1. The van der Waals surface area contributed by atoms with Crippen LogP contribution in [0, 0.1) is 6.92 Å². The van der Waals surface area contributed by atoms with Gasteiger partial charge in [0.25, 0.3) is 5.91 Å². The van der Waals surface area contributed by atoms with E-state index < -0.39 is 0 Å². The quantitative estimate of drug-likeness (QED) is 0.681. The van der Waals surface area contributed by atoms with E-state index >= 15 is 0 Å². The van der Waals surface area contributed by atoms with Crippen molar-refractivity contribution in [2.75, 3.05) is 12.3 Å². The highest BCUT2D eigenvalue weighted by molar-refractivity contribution is 8.14. The SMILES string of the molecule is Cc1c(Cl)cccc1N=C1SCCN1C(=O)c1csc2c1CCCC2. The zero-order chi connectivity index (χ0) is 17.4. The first-order chi connectivity index (χ1) is 12.1. The van der Waals surface area contributed by atoms with Gasteiger partial charge in [-0.3, -0.25) is 9.69 Å². The van der Waals surface area contributed by atoms with E-state index in [0.29, 0.717) is 11.6 Å². The Morgan fingerprint density at radius 3 is 3.00 bits per heavy atom. The van der Waals surface area contributed by atoms with Gasteiger partial charge < -0.3 is 0 Å². The van der Waals surface area contributed by atoms with E-state index in [0.717, 1.165) is 40.6 Å². The Morgan fingerprint density at radius 1 is 1.28 bits per heavy atom. The van der Waals surface area contributed by atoms with Gasteiger partial charge in [-0.2, -0.15) is 0 Å². The number of aliphatic imine (C=N–C) groups is 1. The van der Waals surface area contributed by atoms with Crippen molar-refractivity contribution in [2.45, 2.75) is 32.6 Å². The largest absolute Gasteiger partial charge is 0.286 e. The van der Waals surface area contributed by atoms with Crippen LogP contribution < -0.4 is 0 Å². The first-order valence-electron chi connectivity index (χ1n) is 8.53. The van der Waals surface area contributed by atoms with Crippen LogP contribution in [-0.2, 0) is 12.8 Å². The van der Waals surface area contributed by atoms with Crippen molar-refractivity contribution in [3.63, 3.8) is 0 Å². The number of thioether (sulfide) groups is 1. The van der Waals surface area contributed by atoms with Gasteiger partial charge in [0.15, 0.2) is 5.17 Å². The number of halogens is 1. The minimum atomic E-state index is 0.0998. The van der Waals surface area contributed by atoms with Gasteiger partial charge in [-0.25, -0.2) is 4.99 Å². The monoisotopic (exact) mass is 390 g/mol. The fourth-order valence-corrected chi connectivity index (χ4v) is 5.56. The molecular weight excluding hydrogens is 372 g/mol. The Labute approximate surface area is 161 Å². The number of benzene rings is 1. The highest BCUT2D eigenvalue weighted by Gasteiger charge is 2.30. The summed E-state index contributed by atoms with van der Waals surface area (Å²) in [7, 11) is 0. The van der Waals surface area contributed by atoms with Crippen LogP contribution in [0.5, 0.6) is 0 Å². The molecule has 1 aromatic heterocycles. The second kappa shape index (κ2) is 7.14. The number of thiophene rings is 1. The molecule has 1 amide bonds. The third kappa shape index (κ3) is 3.25. The lowest BCUT2D eigenvalue weighted by molar-refractivity contribution is 0.0859. The van der Waals surface area contributed by atoms with Crippen molar-refractivity contribution >= 4 is 51.5 Å². The van der Waals surface area contributed by atoms with E-state index in [1.54, 1.807) is 23.1 Å². The van der Waals surface area contributed by atoms with E-state index in [1.165, 1.54) is 23.3 Å². The predicted molar refractivity (Wildman–Crippen MR) is 108 cm³/mol. The van der Waals surface area contributed by atoms with Crippen LogP contribution in [0.25, 0.3) is 0 Å². The summed E-state index contributed by atoms with van der Waals surface area (Å²) in [5.41, 5.74) is 3.95. The molecule has 0 bridgehead atoms. The zero-order valence-electron chi connectivity index (χ0n) is 14.0. The molecule has 130 valence electrons. The van der Waals surface area contributed by atoms with E-state index in [-0.39, 0.29) is 5.91 Å². The number of amidine groups is 1. The molecule has 2 aromatic rings. The average molecular weight is 391 g/mol. The molecule has 2 aliphatic rings. The standard InChI is InChI=1S/C19H19ClN2OS2/c1-12-15(20)6-4-7-16(12)21-19-22(9-10-24-19)18(23)14-11-25-17-8-3-2-5-13(14)17/h4,6-7,11H,2-3,5,8-10H2,1H3. The molecule has 1 aliphatic carbocycles. The molecule has 4 rings (SSSR count). The lowest BCUT2D eigenvalue weighted by Crippen LogP contribution is -2.32. The molecule has 1 fully saturated rings. The number of amides is 1. The summed E-state index contributed by atoms with van der Waals surface area (Å²) in [6.45, 7) is 2.68. The van der Waals surface area contributed by atoms with Gasteiger partial charge in [0.2, 0.25) is 0 Å². The lowest BCUT2D eigenvalue weighted by Gasteiger charge is -2.18. The topological polar surface area (TPSA) is 32.7 Å². The molecule has 0 N–H and O–H groups in total. The molecule has 6 heteroatoms. The molecule has 0 saturated carbocycles. The highest BCUT2D eigenvalue weighted by Crippen LogP contribution is 2.33. The normalized spacial score (nSPS) is 18.6. The van der Waals surface area contributed by atoms with E-state index in [4.69, 9.17) is 16.6 Å². The molecular formula is C19H19ClN2OS2. The number of fused-ring (bicyclic) bond motifs is 1. The van der Waals surface area contributed by atoms with Crippen LogP contribution in [0.2, 0.25) is 5.02 Å². The molecule has 3 nitrogen and oxygen atoms in total. The van der Waals surface area contributed by atoms with Gasteiger partial charge in [0.05, 0.1) is 11.3 Å². The third-order valence-electron chi connectivity index (χ3n) is 4.77. The molecule has 0 spiro atoms. The van der Waals surface area contributed by atoms with Gasteiger partial charge >= 0.3 is 0 Å².